The fourth-order valence-corrected chi connectivity index (χ4v) is 2.49. The predicted octanol–water partition coefficient (Wildman–Crippen LogP) is 1.15. The van der Waals surface area contributed by atoms with Crippen LogP contribution in [0.1, 0.15) is 58.3 Å². The van der Waals surface area contributed by atoms with Gasteiger partial charge in [-0.3, -0.25) is 4.79 Å². The minimum Gasteiger partial charge on any atom is -0.463 e. The first kappa shape index (κ1) is 19.4. The van der Waals surface area contributed by atoms with Crippen LogP contribution in [0, 0.1) is 0 Å². The van der Waals surface area contributed by atoms with Gasteiger partial charge in [-0.05, 0) is 6.42 Å². The van der Waals surface area contributed by atoms with E-state index in [1.807, 2.05) is 0 Å². The molecule has 130 valence electrons. The van der Waals surface area contributed by atoms with Crippen LogP contribution in [-0.2, 0) is 14.3 Å². The van der Waals surface area contributed by atoms with Gasteiger partial charge in [0, 0.05) is 6.42 Å². The molecule has 22 heavy (non-hydrogen) atoms. The second kappa shape index (κ2) is 10.9. The second-order valence-electron chi connectivity index (χ2n) is 5.97. The first-order valence-corrected chi connectivity index (χ1v) is 8.37. The number of carbonyl (C=O) groups is 1. The monoisotopic (exact) mass is 318 g/mol. The molecule has 0 amide bonds. The first-order chi connectivity index (χ1) is 10.6. The first-order valence-electron chi connectivity index (χ1n) is 8.37. The Morgan fingerprint density at radius 2 is 1.68 bits per heavy atom. The van der Waals surface area contributed by atoms with Crippen LogP contribution in [-0.4, -0.2) is 58.9 Å². The van der Waals surface area contributed by atoms with E-state index in [1.165, 1.54) is 25.7 Å². The van der Waals surface area contributed by atoms with Crippen LogP contribution < -0.4 is 0 Å². The lowest BCUT2D eigenvalue weighted by atomic mass is 10.0. The van der Waals surface area contributed by atoms with Crippen LogP contribution in [0.5, 0.6) is 0 Å². The number of rotatable bonds is 10. The molecule has 0 unspecified atom stereocenters. The maximum atomic E-state index is 11.6. The summed E-state index contributed by atoms with van der Waals surface area (Å²) in [5, 5.41) is 28.6. The van der Waals surface area contributed by atoms with Gasteiger partial charge in [0.2, 0.25) is 0 Å². The third-order valence-corrected chi connectivity index (χ3v) is 4.00. The molecule has 3 N–H and O–H groups in total. The van der Waals surface area contributed by atoms with Gasteiger partial charge in [-0.25, -0.2) is 0 Å². The van der Waals surface area contributed by atoms with Crippen molar-refractivity contribution in [2.45, 2.75) is 82.7 Å². The summed E-state index contributed by atoms with van der Waals surface area (Å²) in [6.45, 7) is 2.02. The second-order valence-corrected chi connectivity index (χ2v) is 5.97. The zero-order valence-electron chi connectivity index (χ0n) is 13.4. The molecule has 1 heterocycles. The highest BCUT2D eigenvalue weighted by Crippen LogP contribution is 2.16. The minimum atomic E-state index is -1.26. The molecule has 1 fully saturated rings. The van der Waals surface area contributed by atoms with Gasteiger partial charge in [0.1, 0.15) is 31.0 Å². The average molecular weight is 318 g/mol. The normalized spacial score (nSPS) is 28.5. The highest BCUT2D eigenvalue weighted by atomic mass is 16.6. The van der Waals surface area contributed by atoms with E-state index in [9.17, 15) is 20.1 Å². The summed E-state index contributed by atoms with van der Waals surface area (Å²) < 4.78 is 10.2. The maximum absolute atomic E-state index is 11.6. The van der Waals surface area contributed by atoms with Crippen molar-refractivity contribution in [1.82, 2.24) is 0 Å². The third kappa shape index (κ3) is 7.05. The lowest BCUT2D eigenvalue weighted by Crippen LogP contribution is -2.54. The predicted molar refractivity (Wildman–Crippen MR) is 81.3 cm³/mol. The van der Waals surface area contributed by atoms with E-state index in [2.05, 4.69) is 6.92 Å². The number of esters is 1. The molecule has 0 aromatic carbocycles. The molecule has 1 rings (SSSR count). The molecule has 1 aliphatic heterocycles. The van der Waals surface area contributed by atoms with Crippen molar-refractivity contribution in [3.8, 4) is 0 Å². The number of aliphatic hydroxyl groups is 3. The lowest BCUT2D eigenvalue weighted by Gasteiger charge is -2.34. The van der Waals surface area contributed by atoms with Crippen molar-refractivity contribution in [2.75, 3.05) is 13.2 Å². The Morgan fingerprint density at radius 1 is 1.05 bits per heavy atom. The molecular formula is C16H30O6. The van der Waals surface area contributed by atoms with Gasteiger partial charge in [-0.15, -0.1) is 0 Å². The summed E-state index contributed by atoms with van der Waals surface area (Å²) in [6, 6.07) is 0. The largest absolute Gasteiger partial charge is 0.463 e. The Kier molecular flexibility index (Phi) is 9.63. The van der Waals surface area contributed by atoms with Crippen molar-refractivity contribution in [3.05, 3.63) is 0 Å². The van der Waals surface area contributed by atoms with Gasteiger partial charge < -0.3 is 24.8 Å². The van der Waals surface area contributed by atoms with Gasteiger partial charge in [-0.2, -0.15) is 0 Å². The van der Waals surface area contributed by atoms with E-state index in [-0.39, 0.29) is 19.2 Å². The smallest absolute Gasteiger partial charge is 0.305 e. The Bertz CT molecular complexity index is 309. The number of ether oxygens (including phenoxy) is 2. The molecule has 1 saturated heterocycles. The molecule has 0 saturated carbocycles. The number of aliphatic hydroxyl groups excluding tert-OH is 3. The molecule has 0 aromatic rings. The number of carbonyl (C=O) groups excluding carboxylic acids is 1. The number of hydrogen-bond donors (Lipinski definition) is 3. The number of hydrogen-bond acceptors (Lipinski definition) is 6. The molecule has 6 heteroatoms. The van der Waals surface area contributed by atoms with Crippen molar-refractivity contribution < 1.29 is 29.6 Å². The molecule has 0 bridgehead atoms. The topological polar surface area (TPSA) is 96.2 Å². The van der Waals surface area contributed by atoms with Crippen LogP contribution in [0.3, 0.4) is 0 Å². The zero-order chi connectivity index (χ0) is 16.4. The summed E-state index contributed by atoms with van der Waals surface area (Å²) in [4.78, 5) is 11.6. The third-order valence-electron chi connectivity index (χ3n) is 4.00. The SMILES string of the molecule is CCCCCCCCCC(=O)OC[C@H]1OC[C@@H](O)[C@@H](O)[C@@H]1O. The highest BCUT2D eigenvalue weighted by Gasteiger charge is 2.38. The summed E-state index contributed by atoms with van der Waals surface area (Å²) in [5.41, 5.74) is 0. The van der Waals surface area contributed by atoms with Crippen molar-refractivity contribution >= 4 is 5.97 Å². The minimum absolute atomic E-state index is 0.0712. The Morgan fingerprint density at radius 3 is 2.36 bits per heavy atom. The number of unbranched alkanes of at least 4 members (excludes halogenated alkanes) is 6. The summed E-state index contributed by atoms with van der Waals surface area (Å²) in [6.07, 6.45) is 3.91. The van der Waals surface area contributed by atoms with Crippen LogP contribution >= 0.6 is 0 Å². The summed E-state index contributed by atoms with van der Waals surface area (Å²) in [7, 11) is 0. The highest BCUT2D eigenvalue weighted by molar-refractivity contribution is 5.69. The van der Waals surface area contributed by atoms with Gasteiger partial charge >= 0.3 is 5.97 Å². The fraction of sp³-hybridized carbons (Fsp3) is 0.938. The van der Waals surface area contributed by atoms with Gasteiger partial charge in [0.05, 0.1) is 6.61 Å². The molecule has 4 atom stereocenters. The Labute approximate surface area is 132 Å². The van der Waals surface area contributed by atoms with E-state index < -0.39 is 24.4 Å². The van der Waals surface area contributed by atoms with E-state index in [0.29, 0.717) is 6.42 Å². The van der Waals surface area contributed by atoms with E-state index in [1.54, 1.807) is 0 Å². The van der Waals surface area contributed by atoms with E-state index in [0.717, 1.165) is 19.3 Å². The molecule has 0 aliphatic carbocycles. The Hall–Kier alpha value is -0.690. The molecule has 0 aromatic heterocycles. The van der Waals surface area contributed by atoms with Crippen LogP contribution in [0.2, 0.25) is 0 Å². The quantitative estimate of drug-likeness (QED) is 0.413. The standard InChI is InChI=1S/C16H30O6/c1-2-3-4-5-6-7-8-9-14(18)22-11-13-16(20)15(19)12(17)10-21-13/h12-13,15-17,19-20H,2-11H2,1H3/t12-,13-,15-,16-/m1/s1. The maximum Gasteiger partial charge on any atom is 0.305 e. The van der Waals surface area contributed by atoms with Crippen molar-refractivity contribution in [2.24, 2.45) is 0 Å². The van der Waals surface area contributed by atoms with Gasteiger partial charge in [-0.1, -0.05) is 45.4 Å². The van der Waals surface area contributed by atoms with E-state index in [4.69, 9.17) is 9.47 Å². The molecule has 1 aliphatic rings. The molecular weight excluding hydrogens is 288 g/mol. The summed E-state index contributed by atoms with van der Waals surface area (Å²) in [5.74, 6) is -0.315. The molecule has 6 nitrogen and oxygen atoms in total. The van der Waals surface area contributed by atoms with Crippen molar-refractivity contribution in [1.29, 1.82) is 0 Å². The van der Waals surface area contributed by atoms with Crippen LogP contribution in [0.15, 0.2) is 0 Å². The lowest BCUT2D eigenvalue weighted by molar-refractivity contribution is -0.201. The molecule has 0 radical (unpaired) electrons. The fourth-order valence-electron chi connectivity index (χ4n) is 2.49. The Balaban J connectivity index is 2.06. The van der Waals surface area contributed by atoms with Gasteiger partial charge in [0.25, 0.3) is 0 Å². The van der Waals surface area contributed by atoms with Gasteiger partial charge in [0.15, 0.2) is 0 Å². The molecule has 0 spiro atoms. The van der Waals surface area contributed by atoms with Crippen molar-refractivity contribution in [3.63, 3.8) is 0 Å². The summed E-state index contributed by atoms with van der Waals surface area (Å²) >= 11 is 0. The van der Waals surface area contributed by atoms with Crippen LogP contribution in [0.25, 0.3) is 0 Å². The average Bonchev–Trinajstić information content (AvgIpc) is 2.51. The van der Waals surface area contributed by atoms with E-state index >= 15 is 0 Å². The zero-order valence-corrected chi connectivity index (χ0v) is 13.4. The van der Waals surface area contributed by atoms with Crippen LogP contribution in [0.4, 0.5) is 0 Å².